The molecule has 0 N–H and O–H groups in total. The second-order valence-corrected chi connectivity index (χ2v) is 9.15. The molecule has 1 atom stereocenters. The van der Waals surface area contributed by atoms with E-state index in [0.717, 1.165) is 28.9 Å². The largest absolute Gasteiger partial charge is 0.482 e. The number of aryl methyl sites for hydroxylation is 2. The number of fused-ring (bicyclic) bond motifs is 1. The van der Waals surface area contributed by atoms with Gasteiger partial charge in [-0.15, -0.1) is 0 Å². The van der Waals surface area contributed by atoms with E-state index in [0.29, 0.717) is 11.3 Å². The van der Waals surface area contributed by atoms with Gasteiger partial charge in [0.1, 0.15) is 17.1 Å². The summed E-state index contributed by atoms with van der Waals surface area (Å²) in [5.41, 5.74) is 4.11. The molecule has 0 bridgehead atoms. The first-order chi connectivity index (χ1) is 14.2. The Morgan fingerprint density at radius 2 is 1.50 bits per heavy atom. The Morgan fingerprint density at radius 3 is 2.20 bits per heavy atom. The van der Waals surface area contributed by atoms with Crippen molar-refractivity contribution >= 4 is 5.97 Å². The molecular weight excluding hydrogens is 372 g/mol. The summed E-state index contributed by atoms with van der Waals surface area (Å²) in [4.78, 5) is 12.8. The molecule has 0 radical (unpaired) electrons. The molecule has 1 aliphatic rings. The lowest BCUT2D eigenvalue weighted by atomic mass is 9.71. The fourth-order valence-corrected chi connectivity index (χ4v) is 4.52. The molecule has 0 aliphatic carbocycles. The van der Waals surface area contributed by atoms with Crippen molar-refractivity contribution in [1.29, 1.82) is 0 Å². The Kier molecular flexibility index (Phi) is 4.93. The van der Waals surface area contributed by atoms with Crippen molar-refractivity contribution in [3.63, 3.8) is 0 Å². The van der Waals surface area contributed by atoms with E-state index in [-0.39, 0.29) is 11.4 Å². The van der Waals surface area contributed by atoms with Crippen LogP contribution in [0.15, 0.2) is 66.7 Å². The quantitative estimate of drug-likeness (QED) is 0.372. The van der Waals surface area contributed by atoms with Gasteiger partial charge in [-0.3, -0.25) is 0 Å². The maximum Gasteiger partial charge on any atom is 0.343 e. The standard InChI is InChI=1S/C27H28O3/c1-18-12-14-22(23(15-18)29-25(28)20-9-7-6-8-10-20)27(5)17-26(3,4)21-13-11-19(2)16-24(21)30-27/h6-16H,17H2,1-5H3/t27-/m0/s1. The van der Waals surface area contributed by atoms with Crippen LogP contribution in [-0.4, -0.2) is 5.97 Å². The minimum atomic E-state index is -0.621. The van der Waals surface area contributed by atoms with E-state index in [1.54, 1.807) is 12.1 Å². The van der Waals surface area contributed by atoms with E-state index in [1.807, 2.05) is 43.3 Å². The molecule has 3 aromatic rings. The minimum absolute atomic E-state index is 0.0817. The van der Waals surface area contributed by atoms with Crippen LogP contribution in [-0.2, 0) is 11.0 Å². The van der Waals surface area contributed by atoms with Gasteiger partial charge >= 0.3 is 5.97 Å². The molecule has 1 aliphatic heterocycles. The van der Waals surface area contributed by atoms with Crippen molar-refractivity contribution in [2.75, 3.05) is 0 Å². The third-order valence-corrected chi connectivity index (χ3v) is 5.90. The Balaban J connectivity index is 1.76. The smallest absolute Gasteiger partial charge is 0.343 e. The first-order valence-electron chi connectivity index (χ1n) is 10.4. The average molecular weight is 401 g/mol. The van der Waals surface area contributed by atoms with Crippen LogP contribution in [0.1, 0.15) is 59.8 Å². The highest BCUT2D eigenvalue weighted by molar-refractivity contribution is 5.91. The molecule has 0 saturated heterocycles. The van der Waals surface area contributed by atoms with Crippen molar-refractivity contribution < 1.29 is 14.3 Å². The Hall–Kier alpha value is -3.07. The fourth-order valence-electron chi connectivity index (χ4n) is 4.52. The molecule has 1 heterocycles. The lowest BCUT2D eigenvalue weighted by Gasteiger charge is -2.45. The third kappa shape index (κ3) is 3.72. The zero-order valence-electron chi connectivity index (χ0n) is 18.3. The van der Waals surface area contributed by atoms with Gasteiger partial charge in [0.15, 0.2) is 0 Å². The molecule has 3 heteroatoms. The number of hydrogen-bond acceptors (Lipinski definition) is 3. The van der Waals surface area contributed by atoms with E-state index in [9.17, 15) is 4.79 Å². The fraction of sp³-hybridized carbons (Fsp3) is 0.296. The van der Waals surface area contributed by atoms with Gasteiger partial charge in [0.2, 0.25) is 0 Å². The van der Waals surface area contributed by atoms with Gasteiger partial charge < -0.3 is 9.47 Å². The zero-order chi connectivity index (χ0) is 21.5. The van der Waals surface area contributed by atoms with E-state index in [4.69, 9.17) is 9.47 Å². The lowest BCUT2D eigenvalue weighted by molar-refractivity contribution is 0.0296. The van der Waals surface area contributed by atoms with Crippen molar-refractivity contribution in [1.82, 2.24) is 0 Å². The summed E-state index contributed by atoms with van der Waals surface area (Å²) in [6.07, 6.45) is 0.773. The third-order valence-electron chi connectivity index (χ3n) is 5.90. The van der Waals surface area contributed by atoms with Crippen LogP contribution in [0, 0.1) is 13.8 Å². The average Bonchev–Trinajstić information content (AvgIpc) is 2.67. The molecule has 0 amide bonds. The molecule has 0 saturated carbocycles. The summed E-state index contributed by atoms with van der Waals surface area (Å²) in [7, 11) is 0. The number of carbonyl (C=O) groups excluding carboxylic acids is 1. The normalized spacial score (nSPS) is 19.5. The molecule has 0 spiro atoms. The second-order valence-electron chi connectivity index (χ2n) is 9.15. The SMILES string of the molecule is Cc1ccc2c(c1)O[C@](C)(c1ccc(C)cc1OC(=O)c1ccccc1)CC2(C)C. The Morgan fingerprint density at radius 1 is 0.867 bits per heavy atom. The van der Waals surface area contributed by atoms with Crippen molar-refractivity contribution in [2.24, 2.45) is 0 Å². The molecule has 3 aromatic carbocycles. The monoisotopic (exact) mass is 400 g/mol. The Labute approximate surface area is 178 Å². The van der Waals surface area contributed by atoms with E-state index in [1.165, 1.54) is 5.56 Å². The van der Waals surface area contributed by atoms with Gasteiger partial charge in [-0.2, -0.15) is 0 Å². The maximum atomic E-state index is 12.8. The number of hydrogen-bond donors (Lipinski definition) is 0. The molecule has 0 fully saturated rings. The molecule has 0 unspecified atom stereocenters. The topological polar surface area (TPSA) is 35.5 Å². The number of ether oxygens (including phenoxy) is 2. The lowest BCUT2D eigenvalue weighted by Crippen LogP contribution is -2.42. The van der Waals surface area contributed by atoms with E-state index in [2.05, 4.69) is 45.9 Å². The predicted octanol–water partition coefficient (Wildman–Crippen LogP) is 6.50. The summed E-state index contributed by atoms with van der Waals surface area (Å²) in [6, 6.07) is 21.5. The first-order valence-corrected chi connectivity index (χ1v) is 10.4. The van der Waals surface area contributed by atoms with Crippen LogP contribution in [0.5, 0.6) is 11.5 Å². The van der Waals surface area contributed by atoms with Gasteiger partial charge in [-0.25, -0.2) is 4.79 Å². The van der Waals surface area contributed by atoms with Gasteiger partial charge in [-0.1, -0.05) is 56.3 Å². The van der Waals surface area contributed by atoms with E-state index < -0.39 is 5.60 Å². The van der Waals surface area contributed by atoms with Gasteiger partial charge in [-0.05, 0) is 67.1 Å². The highest BCUT2D eigenvalue weighted by Gasteiger charge is 2.44. The second kappa shape index (κ2) is 7.32. The van der Waals surface area contributed by atoms with Gasteiger partial charge in [0, 0.05) is 12.0 Å². The van der Waals surface area contributed by atoms with E-state index >= 15 is 0 Å². The van der Waals surface area contributed by atoms with Crippen LogP contribution in [0.2, 0.25) is 0 Å². The van der Waals surface area contributed by atoms with Crippen LogP contribution >= 0.6 is 0 Å². The minimum Gasteiger partial charge on any atom is -0.482 e. The van der Waals surface area contributed by atoms with Crippen LogP contribution in [0.25, 0.3) is 0 Å². The summed E-state index contributed by atoms with van der Waals surface area (Å²) in [5.74, 6) is 1.09. The highest BCUT2D eigenvalue weighted by Crippen LogP contribution is 2.50. The molecule has 154 valence electrons. The van der Waals surface area contributed by atoms with Gasteiger partial charge in [0.05, 0.1) is 5.56 Å². The number of benzene rings is 3. The summed E-state index contributed by atoms with van der Waals surface area (Å²) in [6.45, 7) is 10.6. The molecular formula is C27H28O3. The summed E-state index contributed by atoms with van der Waals surface area (Å²) in [5, 5.41) is 0. The van der Waals surface area contributed by atoms with Gasteiger partial charge in [0.25, 0.3) is 0 Å². The summed E-state index contributed by atoms with van der Waals surface area (Å²) < 4.78 is 12.5. The van der Waals surface area contributed by atoms with Crippen molar-refractivity contribution in [2.45, 2.75) is 52.1 Å². The number of rotatable bonds is 3. The van der Waals surface area contributed by atoms with Crippen LogP contribution in [0.4, 0.5) is 0 Å². The Bertz CT molecular complexity index is 1100. The zero-order valence-corrected chi connectivity index (χ0v) is 18.3. The van der Waals surface area contributed by atoms with Crippen LogP contribution < -0.4 is 9.47 Å². The van der Waals surface area contributed by atoms with Crippen molar-refractivity contribution in [3.05, 3.63) is 94.5 Å². The number of esters is 1. The van der Waals surface area contributed by atoms with Crippen molar-refractivity contribution in [3.8, 4) is 11.5 Å². The summed E-state index contributed by atoms with van der Waals surface area (Å²) >= 11 is 0. The maximum absolute atomic E-state index is 12.8. The predicted molar refractivity (Wildman–Crippen MR) is 119 cm³/mol. The van der Waals surface area contributed by atoms with Crippen LogP contribution in [0.3, 0.4) is 0 Å². The molecule has 30 heavy (non-hydrogen) atoms. The highest BCUT2D eigenvalue weighted by atomic mass is 16.5. The molecule has 3 nitrogen and oxygen atoms in total. The number of carbonyl (C=O) groups is 1. The molecule has 0 aromatic heterocycles. The first kappa shape index (κ1) is 20.2. The molecule has 4 rings (SSSR count).